The second kappa shape index (κ2) is 19.1. The van der Waals surface area contributed by atoms with Crippen LogP contribution in [0.1, 0.15) is 117 Å². The molecule has 0 aliphatic carbocycles. The molecule has 1 unspecified atom stereocenters. The third-order valence-electron chi connectivity index (χ3n) is 4.74. The van der Waals surface area contributed by atoms with Crippen LogP contribution >= 0.6 is 9.47 Å². The Bertz CT molecular complexity index is 347. The Morgan fingerprint density at radius 1 is 0.731 bits per heavy atom. The molecule has 0 aromatic heterocycles. The smallest absolute Gasteiger partial charge is 0.349 e. The van der Waals surface area contributed by atoms with Crippen molar-refractivity contribution in [2.75, 3.05) is 0 Å². The van der Waals surface area contributed by atoms with Crippen molar-refractivity contribution in [2.24, 2.45) is 0 Å². The Balaban J connectivity index is 3.24. The summed E-state index contributed by atoms with van der Waals surface area (Å²) in [6.45, 7) is 3.79. The Morgan fingerprint density at radius 3 is 1.50 bits per heavy atom. The van der Waals surface area contributed by atoms with Gasteiger partial charge in [-0.15, -0.1) is 0 Å². The van der Waals surface area contributed by atoms with Gasteiger partial charge in [-0.1, -0.05) is 96.8 Å². The van der Waals surface area contributed by atoms with Crippen LogP contribution in [-0.2, 0) is 18.8 Å². The molecule has 0 bridgehead atoms. The summed E-state index contributed by atoms with van der Waals surface area (Å²) in [5, 5.41) is 0. The largest absolute Gasteiger partial charge is 0.451 e. The molecule has 4 nitrogen and oxygen atoms in total. The highest BCUT2D eigenvalue weighted by Crippen LogP contribution is 2.14. The third kappa shape index (κ3) is 16.8. The van der Waals surface area contributed by atoms with Crippen LogP contribution in [0.25, 0.3) is 0 Å². The third-order valence-corrected chi connectivity index (χ3v) is 4.97. The first kappa shape index (κ1) is 25.4. The molecule has 154 valence electrons. The fraction of sp³-hybridized carbons (Fsp3) is 0.905. The van der Waals surface area contributed by atoms with Crippen LogP contribution in [-0.4, -0.2) is 18.0 Å². The fourth-order valence-electron chi connectivity index (χ4n) is 3.04. The van der Waals surface area contributed by atoms with Crippen LogP contribution in [0.2, 0.25) is 0 Å². The number of ether oxygens (including phenoxy) is 1. The Kier molecular flexibility index (Phi) is 18.7. The van der Waals surface area contributed by atoms with E-state index < -0.39 is 12.1 Å². The van der Waals surface area contributed by atoms with E-state index >= 15 is 0 Å². The van der Waals surface area contributed by atoms with Crippen LogP contribution < -0.4 is 0 Å². The molecule has 2 atom stereocenters. The molecule has 0 aliphatic rings. The highest BCUT2D eigenvalue weighted by Gasteiger charge is 2.17. The van der Waals surface area contributed by atoms with Gasteiger partial charge in [-0.2, -0.15) is 0 Å². The molecule has 0 radical (unpaired) electrons. The maximum atomic E-state index is 11.6. The second-order valence-electron chi connectivity index (χ2n) is 7.27. The van der Waals surface area contributed by atoms with Crippen molar-refractivity contribution >= 4 is 21.4 Å². The molecule has 0 saturated carbocycles. The lowest BCUT2D eigenvalue weighted by Gasteiger charge is -2.10. The molecule has 0 saturated heterocycles. The van der Waals surface area contributed by atoms with E-state index in [1.54, 1.807) is 0 Å². The summed E-state index contributed by atoms with van der Waals surface area (Å²) >= 11 is 0. The van der Waals surface area contributed by atoms with Gasteiger partial charge < -0.3 is 9.26 Å². The molecule has 0 N–H and O–H groups in total. The van der Waals surface area contributed by atoms with Gasteiger partial charge in [0.25, 0.3) is 0 Å². The summed E-state index contributed by atoms with van der Waals surface area (Å²) in [5.41, 5.74) is 0. The van der Waals surface area contributed by atoms with Crippen LogP contribution in [0.4, 0.5) is 0 Å². The van der Waals surface area contributed by atoms with Crippen molar-refractivity contribution in [3.8, 4) is 0 Å². The molecule has 0 spiro atoms. The van der Waals surface area contributed by atoms with Gasteiger partial charge in [0.15, 0.2) is 6.10 Å². The van der Waals surface area contributed by atoms with E-state index in [9.17, 15) is 9.59 Å². The first-order valence-electron chi connectivity index (χ1n) is 10.7. The molecule has 26 heavy (non-hydrogen) atoms. The molecule has 0 rings (SSSR count). The number of esters is 1. The van der Waals surface area contributed by atoms with Gasteiger partial charge in [-0.3, -0.25) is 4.79 Å². The Morgan fingerprint density at radius 2 is 1.12 bits per heavy atom. The van der Waals surface area contributed by atoms with E-state index in [-0.39, 0.29) is 5.97 Å². The zero-order valence-electron chi connectivity index (χ0n) is 17.1. The minimum atomic E-state index is -0.823. The normalized spacial score (nSPS) is 12.0. The highest BCUT2D eigenvalue weighted by molar-refractivity contribution is 7.10. The Labute approximate surface area is 163 Å². The van der Waals surface area contributed by atoms with Crippen molar-refractivity contribution in [3.05, 3.63) is 0 Å². The highest BCUT2D eigenvalue weighted by atomic mass is 31.0. The zero-order valence-corrected chi connectivity index (χ0v) is 18.3. The minimum absolute atomic E-state index is 0.317. The summed E-state index contributed by atoms with van der Waals surface area (Å²) in [6, 6.07) is 0. The maximum Gasteiger partial charge on any atom is 0.349 e. The lowest BCUT2D eigenvalue weighted by atomic mass is 10.0. The first-order valence-corrected chi connectivity index (χ1v) is 11.2. The van der Waals surface area contributed by atoms with Gasteiger partial charge >= 0.3 is 11.9 Å². The maximum absolute atomic E-state index is 11.6. The topological polar surface area (TPSA) is 52.6 Å². The van der Waals surface area contributed by atoms with E-state index in [0.717, 1.165) is 12.8 Å². The lowest BCUT2D eigenvalue weighted by molar-refractivity contribution is -0.160. The fourth-order valence-corrected chi connectivity index (χ4v) is 3.23. The van der Waals surface area contributed by atoms with Gasteiger partial charge in [0, 0.05) is 6.42 Å². The summed E-state index contributed by atoms with van der Waals surface area (Å²) in [5.74, 6) is -0.859. The number of unbranched alkanes of at least 4 members (excludes halogenated alkanes) is 14. The van der Waals surface area contributed by atoms with Crippen LogP contribution in [0.5, 0.6) is 0 Å². The average molecular weight is 389 g/mol. The molecule has 5 heteroatoms. The SMILES string of the molecule is CCCCCCCCCCCCCCCCCC(=O)O[C@@H](C)C(=O)OP. The summed E-state index contributed by atoms with van der Waals surface area (Å²) in [6.07, 6.45) is 19.1. The molecule has 0 fully saturated rings. The van der Waals surface area contributed by atoms with E-state index in [1.165, 1.54) is 90.4 Å². The number of carbonyl (C=O) groups excluding carboxylic acids is 2. The summed E-state index contributed by atoms with van der Waals surface area (Å²) < 4.78 is 9.44. The second-order valence-corrected chi connectivity index (χ2v) is 7.50. The van der Waals surface area contributed by atoms with Gasteiger partial charge in [-0.25, -0.2) is 4.79 Å². The molecule has 0 heterocycles. The van der Waals surface area contributed by atoms with Crippen LogP contribution in [0.15, 0.2) is 0 Å². The van der Waals surface area contributed by atoms with Crippen LogP contribution in [0.3, 0.4) is 0 Å². The standard InChI is InChI=1S/C21H41O4P/c1-3-4-5-6-7-8-9-10-11-12-13-14-15-16-17-18-20(22)24-19(2)21(23)25-26/h19H,3-18,26H2,1-2H3/t19-/m0/s1. The molecular weight excluding hydrogens is 347 g/mol. The average Bonchev–Trinajstić information content (AvgIpc) is 2.64. The predicted molar refractivity (Wildman–Crippen MR) is 111 cm³/mol. The van der Waals surface area contributed by atoms with Crippen LogP contribution in [0, 0.1) is 0 Å². The van der Waals surface area contributed by atoms with E-state index in [0.29, 0.717) is 6.42 Å². The molecule has 0 aromatic carbocycles. The predicted octanol–water partition coefficient (Wildman–Crippen LogP) is 6.51. The molecule has 0 aromatic rings. The van der Waals surface area contributed by atoms with Gasteiger partial charge in [0.05, 0.1) is 9.47 Å². The van der Waals surface area contributed by atoms with Crippen molar-refractivity contribution in [1.29, 1.82) is 0 Å². The van der Waals surface area contributed by atoms with Crippen molar-refractivity contribution in [2.45, 2.75) is 123 Å². The van der Waals surface area contributed by atoms with Crippen molar-refractivity contribution in [3.63, 3.8) is 0 Å². The first-order chi connectivity index (χ1) is 12.6. The van der Waals surface area contributed by atoms with Crippen molar-refractivity contribution in [1.82, 2.24) is 0 Å². The lowest BCUT2D eigenvalue weighted by Crippen LogP contribution is -2.23. The number of rotatable bonds is 18. The quantitative estimate of drug-likeness (QED) is 0.152. The number of hydrogen-bond acceptors (Lipinski definition) is 4. The molecule has 0 amide bonds. The minimum Gasteiger partial charge on any atom is -0.451 e. The summed E-state index contributed by atoms with van der Waals surface area (Å²) in [4.78, 5) is 22.7. The summed E-state index contributed by atoms with van der Waals surface area (Å²) in [7, 11) is 1.87. The van der Waals surface area contributed by atoms with Crippen molar-refractivity contribution < 1.29 is 18.8 Å². The molecular formula is C21H41O4P. The van der Waals surface area contributed by atoms with E-state index in [2.05, 4.69) is 11.4 Å². The van der Waals surface area contributed by atoms with E-state index in [1.807, 2.05) is 9.47 Å². The van der Waals surface area contributed by atoms with Gasteiger partial charge in [-0.05, 0) is 13.3 Å². The van der Waals surface area contributed by atoms with E-state index in [4.69, 9.17) is 4.74 Å². The van der Waals surface area contributed by atoms with Gasteiger partial charge in [0.1, 0.15) is 0 Å². The zero-order chi connectivity index (χ0) is 19.5. The number of hydrogen-bond donors (Lipinski definition) is 0. The van der Waals surface area contributed by atoms with Gasteiger partial charge in [0.2, 0.25) is 0 Å². The Hall–Kier alpha value is -0.630. The number of carbonyl (C=O) groups is 2. The monoisotopic (exact) mass is 388 g/mol. The molecule has 0 aliphatic heterocycles.